The lowest BCUT2D eigenvalue weighted by atomic mass is 9.97. The second-order valence-corrected chi connectivity index (χ2v) is 7.95. The van der Waals surface area contributed by atoms with Crippen molar-refractivity contribution in [3.05, 3.63) is 47.0 Å². The lowest BCUT2D eigenvalue weighted by Gasteiger charge is -2.31. The summed E-state index contributed by atoms with van der Waals surface area (Å²) in [6.45, 7) is 7.73. The summed E-state index contributed by atoms with van der Waals surface area (Å²) in [5, 5.41) is 6.90. The molecule has 1 unspecified atom stereocenters. The fraction of sp³-hybridized carbons (Fsp3) is 0.609. The number of ether oxygens (including phenoxy) is 1. The third-order valence-electron chi connectivity index (χ3n) is 5.53. The van der Waals surface area contributed by atoms with Crippen LogP contribution in [0.15, 0.2) is 40.9 Å². The molecule has 0 spiro atoms. The van der Waals surface area contributed by atoms with E-state index in [-0.39, 0.29) is 0 Å². The number of guanidine groups is 1. The van der Waals surface area contributed by atoms with Crippen LogP contribution in [-0.2, 0) is 17.8 Å². The Bertz CT molecular complexity index is 670. The molecule has 1 aromatic carbocycles. The van der Waals surface area contributed by atoms with Gasteiger partial charge in [0, 0.05) is 39.8 Å². The molecule has 0 aromatic heterocycles. The molecule has 1 fully saturated rings. The van der Waals surface area contributed by atoms with Crippen LogP contribution in [0.2, 0.25) is 0 Å². The maximum absolute atomic E-state index is 5.64. The summed E-state index contributed by atoms with van der Waals surface area (Å²) < 4.78 is 5.64. The minimum Gasteiger partial charge on any atom is -0.376 e. The molecule has 3 rings (SSSR count). The number of allylic oxidation sites excluding steroid dienone is 1. The SMILES string of the molecule is CN=C(NCCC1=CCCCC1)NCc1cccc(CN2CCOC(C)C2)c1. The predicted octanol–water partition coefficient (Wildman–Crippen LogP) is 3.46. The van der Waals surface area contributed by atoms with E-state index in [1.54, 1.807) is 5.57 Å². The number of hydrogen-bond donors (Lipinski definition) is 2. The quantitative estimate of drug-likeness (QED) is 0.429. The minimum atomic E-state index is 0.331. The van der Waals surface area contributed by atoms with Crippen molar-refractivity contribution in [2.75, 3.05) is 33.3 Å². The van der Waals surface area contributed by atoms with Gasteiger partial charge in [0.15, 0.2) is 5.96 Å². The molecule has 1 saturated heterocycles. The van der Waals surface area contributed by atoms with Crippen LogP contribution < -0.4 is 10.6 Å². The normalized spacial score (nSPS) is 21.3. The summed E-state index contributed by atoms with van der Waals surface area (Å²) in [6.07, 6.45) is 9.08. The summed E-state index contributed by atoms with van der Waals surface area (Å²) in [7, 11) is 1.84. The second kappa shape index (κ2) is 11.2. The van der Waals surface area contributed by atoms with Gasteiger partial charge in [-0.05, 0) is 50.2 Å². The maximum atomic E-state index is 5.64. The first-order chi connectivity index (χ1) is 13.7. The zero-order valence-corrected chi connectivity index (χ0v) is 17.5. The van der Waals surface area contributed by atoms with E-state index in [0.29, 0.717) is 6.10 Å². The third kappa shape index (κ3) is 6.95. The van der Waals surface area contributed by atoms with Crippen molar-refractivity contribution in [1.82, 2.24) is 15.5 Å². The highest BCUT2D eigenvalue weighted by Gasteiger charge is 2.16. The molecule has 2 N–H and O–H groups in total. The molecule has 2 aliphatic rings. The van der Waals surface area contributed by atoms with E-state index < -0.39 is 0 Å². The summed E-state index contributed by atoms with van der Waals surface area (Å²) in [5.74, 6) is 0.879. The van der Waals surface area contributed by atoms with Crippen LogP contribution in [0.5, 0.6) is 0 Å². The topological polar surface area (TPSA) is 48.9 Å². The van der Waals surface area contributed by atoms with E-state index in [9.17, 15) is 0 Å². The van der Waals surface area contributed by atoms with Gasteiger partial charge < -0.3 is 15.4 Å². The molecule has 0 saturated carbocycles. The van der Waals surface area contributed by atoms with Crippen molar-refractivity contribution < 1.29 is 4.74 Å². The summed E-state index contributed by atoms with van der Waals surface area (Å²) in [6, 6.07) is 8.85. The van der Waals surface area contributed by atoms with E-state index >= 15 is 0 Å². The molecule has 1 aliphatic carbocycles. The molecule has 1 aromatic rings. The van der Waals surface area contributed by atoms with Crippen molar-refractivity contribution in [3.63, 3.8) is 0 Å². The van der Waals surface area contributed by atoms with Crippen LogP contribution in [0, 0.1) is 0 Å². The van der Waals surface area contributed by atoms with Crippen LogP contribution in [0.3, 0.4) is 0 Å². The number of morpholine rings is 1. The third-order valence-corrected chi connectivity index (χ3v) is 5.53. The van der Waals surface area contributed by atoms with Crippen molar-refractivity contribution >= 4 is 5.96 Å². The Morgan fingerprint density at radius 2 is 2.14 bits per heavy atom. The monoisotopic (exact) mass is 384 g/mol. The van der Waals surface area contributed by atoms with Crippen molar-refractivity contribution in [2.45, 2.75) is 58.2 Å². The average molecular weight is 385 g/mol. The highest BCUT2D eigenvalue weighted by Crippen LogP contribution is 2.19. The van der Waals surface area contributed by atoms with Crippen LogP contribution in [0.25, 0.3) is 0 Å². The first kappa shape index (κ1) is 20.9. The number of hydrogen-bond acceptors (Lipinski definition) is 3. The van der Waals surface area contributed by atoms with Gasteiger partial charge in [-0.1, -0.05) is 35.9 Å². The number of aliphatic imine (C=N–C) groups is 1. The first-order valence-electron chi connectivity index (χ1n) is 10.8. The van der Waals surface area contributed by atoms with E-state index in [2.05, 4.69) is 57.8 Å². The highest BCUT2D eigenvalue weighted by molar-refractivity contribution is 5.79. The van der Waals surface area contributed by atoms with Crippen molar-refractivity contribution in [3.8, 4) is 0 Å². The van der Waals surface area contributed by atoms with Crippen molar-refractivity contribution in [2.24, 2.45) is 4.99 Å². The fourth-order valence-electron chi connectivity index (χ4n) is 4.01. The summed E-state index contributed by atoms with van der Waals surface area (Å²) in [4.78, 5) is 6.84. The molecule has 1 atom stereocenters. The molecule has 5 heteroatoms. The number of benzene rings is 1. The fourth-order valence-corrected chi connectivity index (χ4v) is 4.01. The number of nitrogens with one attached hydrogen (secondary N) is 2. The molecule has 154 valence electrons. The van der Waals surface area contributed by atoms with Gasteiger partial charge in [-0.15, -0.1) is 0 Å². The Morgan fingerprint density at radius 1 is 1.25 bits per heavy atom. The second-order valence-electron chi connectivity index (χ2n) is 7.95. The zero-order valence-electron chi connectivity index (χ0n) is 17.5. The molecule has 0 radical (unpaired) electrons. The van der Waals surface area contributed by atoms with E-state index in [1.165, 1.54) is 36.8 Å². The van der Waals surface area contributed by atoms with Gasteiger partial charge in [-0.2, -0.15) is 0 Å². The van der Waals surface area contributed by atoms with Crippen LogP contribution in [-0.4, -0.2) is 50.3 Å². The van der Waals surface area contributed by atoms with Crippen LogP contribution >= 0.6 is 0 Å². The molecular formula is C23H36N4O. The van der Waals surface area contributed by atoms with Crippen molar-refractivity contribution in [1.29, 1.82) is 0 Å². The minimum absolute atomic E-state index is 0.331. The predicted molar refractivity (Wildman–Crippen MR) is 117 cm³/mol. The Kier molecular flexibility index (Phi) is 8.37. The zero-order chi connectivity index (χ0) is 19.6. The maximum Gasteiger partial charge on any atom is 0.191 e. The van der Waals surface area contributed by atoms with E-state index in [1.807, 2.05) is 7.05 Å². The molecule has 1 heterocycles. The Morgan fingerprint density at radius 3 is 2.93 bits per heavy atom. The highest BCUT2D eigenvalue weighted by atomic mass is 16.5. The van der Waals surface area contributed by atoms with E-state index in [0.717, 1.165) is 51.7 Å². The van der Waals surface area contributed by atoms with Gasteiger partial charge in [-0.3, -0.25) is 9.89 Å². The number of nitrogens with zero attached hydrogens (tertiary/aromatic N) is 2. The van der Waals surface area contributed by atoms with Gasteiger partial charge in [0.05, 0.1) is 12.7 Å². The number of rotatable bonds is 7. The largest absolute Gasteiger partial charge is 0.376 e. The van der Waals surface area contributed by atoms with Gasteiger partial charge in [0.1, 0.15) is 0 Å². The van der Waals surface area contributed by atoms with Gasteiger partial charge >= 0.3 is 0 Å². The average Bonchev–Trinajstić information content (AvgIpc) is 2.71. The smallest absolute Gasteiger partial charge is 0.191 e. The van der Waals surface area contributed by atoms with Gasteiger partial charge in [0.25, 0.3) is 0 Å². The lowest BCUT2D eigenvalue weighted by molar-refractivity contribution is -0.0212. The molecular weight excluding hydrogens is 348 g/mol. The molecule has 0 amide bonds. The Balaban J connectivity index is 1.43. The lowest BCUT2D eigenvalue weighted by Crippen LogP contribution is -2.40. The van der Waals surface area contributed by atoms with Gasteiger partial charge in [-0.25, -0.2) is 0 Å². The Labute approximate surface area is 170 Å². The molecule has 5 nitrogen and oxygen atoms in total. The molecule has 0 bridgehead atoms. The van der Waals surface area contributed by atoms with Crippen LogP contribution in [0.1, 0.15) is 50.2 Å². The van der Waals surface area contributed by atoms with E-state index in [4.69, 9.17) is 4.74 Å². The van der Waals surface area contributed by atoms with Crippen LogP contribution in [0.4, 0.5) is 0 Å². The van der Waals surface area contributed by atoms with Gasteiger partial charge in [0.2, 0.25) is 0 Å². The summed E-state index contributed by atoms with van der Waals surface area (Å²) in [5.41, 5.74) is 4.25. The Hall–Kier alpha value is -1.85. The molecule has 1 aliphatic heterocycles. The summed E-state index contributed by atoms with van der Waals surface area (Å²) >= 11 is 0. The first-order valence-corrected chi connectivity index (χ1v) is 10.8. The standard InChI is InChI=1S/C23H36N4O/c1-19-17-27(13-14-28-19)18-22-10-6-9-21(15-22)16-26-23(24-2)25-12-11-20-7-4-3-5-8-20/h6-7,9-10,15,19H,3-5,8,11-14,16-18H2,1-2H3,(H2,24,25,26). The molecule has 28 heavy (non-hydrogen) atoms.